The van der Waals surface area contributed by atoms with Gasteiger partial charge in [-0.2, -0.15) is 0 Å². The Labute approximate surface area is 174 Å². The van der Waals surface area contributed by atoms with E-state index < -0.39 is 0 Å². The van der Waals surface area contributed by atoms with Gasteiger partial charge in [-0.05, 0) is 44.0 Å². The number of nitrogens with zero attached hydrogens (tertiary/aromatic N) is 2. The molecule has 1 aromatic carbocycles. The number of carbonyl (C=O) groups excluding carboxylic acids is 2. The number of carbonyl (C=O) groups is 2. The molecule has 29 heavy (non-hydrogen) atoms. The van der Waals surface area contributed by atoms with Gasteiger partial charge >= 0.3 is 0 Å². The summed E-state index contributed by atoms with van der Waals surface area (Å²) in [6, 6.07) is 7.52. The lowest BCUT2D eigenvalue weighted by Gasteiger charge is -2.11. The van der Waals surface area contributed by atoms with Crippen molar-refractivity contribution in [2.75, 3.05) is 5.32 Å². The Bertz CT molecular complexity index is 1060. The molecule has 6 nitrogen and oxygen atoms in total. The second kappa shape index (κ2) is 9.05. The number of nitrogens with one attached hydrogen (secondary N) is 2. The van der Waals surface area contributed by atoms with Crippen LogP contribution in [0.2, 0.25) is 0 Å². The third-order valence-corrected chi connectivity index (χ3v) is 5.67. The first-order valence-corrected chi connectivity index (χ1v) is 10.5. The molecule has 0 spiro atoms. The number of aromatic nitrogens is 2. The van der Waals surface area contributed by atoms with E-state index in [1.165, 1.54) is 11.0 Å². The van der Waals surface area contributed by atoms with Gasteiger partial charge in [-0.1, -0.05) is 26.0 Å². The van der Waals surface area contributed by atoms with Crippen LogP contribution in [0.25, 0.3) is 11.0 Å². The van der Waals surface area contributed by atoms with E-state index in [1.807, 2.05) is 62.6 Å². The SMILES string of the molecule is CC[C@@H](C)C(=O)Nc1cccc(CNC(=O)/C=C/c2c(C)nc3sc(C)cn23)c1. The average molecular weight is 411 g/mol. The maximum atomic E-state index is 12.3. The summed E-state index contributed by atoms with van der Waals surface area (Å²) >= 11 is 1.62. The largest absolute Gasteiger partial charge is 0.348 e. The highest BCUT2D eigenvalue weighted by molar-refractivity contribution is 7.17. The highest BCUT2D eigenvalue weighted by Gasteiger charge is 2.11. The van der Waals surface area contributed by atoms with Crippen molar-refractivity contribution in [2.45, 2.75) is 40.7 Å². The fraction of sp³-hybridized carbons (Fsp3) is 0.318. The number of imidazole rings is 1. The quantitative estimate of drug-likeness (QED) is 0.570. The number of fused-ring (bicyclic) bond motifs is 1. The second-order valence-corrected chi connectivity index (χ2v) is 8.34. The van der Waals surface area contributed by atoms with Crippen molar-refractivity contribution in [3.8, 4) is 0 Å². The van der Waals surface area contributed by atoms with E-state index >= 15 is 0 Å². The first-order chi connectivity index (χ1) is 13.9. The highest BCUT2D eigenvalue weighted by Crippen LogP contribution is 2.21. The van der Waals surface area contributed by atoms with Gasteiger partial charge in [-0.3, -0.25) is 14.0 Å². The van der Waals surface area contributed by atoms with Crippen LogP contribution in [0.4, 0.5) is 5.69 Å². The number of thiazole rings is 1. The Balaban J connectivity index is 1.60. The molecular formula is C22H26N4O2S. The number of amides is 2. The lowest BCUT2D eigenvalue weighted by atomic mass is 10.1. The molecule has 2 amide bonds. The van der Waals surface area contributed by atoms with Crippen molar-refractivity contribution < 1.29 is 9.59 Å². The van der Waals surface area contributed by atoms with Gasteiger partial charge in [0, 0.05) is 35.3 Å². The first kappa shape index (κ1) is 20.8. The van der Waals surface area contributed by atoms with Crippen LogP contribution in [0.1, 0.15) is 42.1 Å². The number of hydrogen-bond acceptors (Lipinski definition) is 4. The third kappa shape index (κ3) is 5.12. The Kier molecular flexibility index (Phi) is 6.49. The minimum absolute atomic E-state index is 0.00257. The number of rotatable bonds is 7. The average Bonchev–Trinajstić information content (AvgIpc) is 3.18. The molecule has 0 aliphatic carbocycles. The summed E-state index contributed by atoms with van der Waals surface area (Å²) < 4.78 is 2.00. The zero-order valence-corrected chi connectivity index (χ0v) is 18.0. The van der Waals surface area contributed by atoms with Gasteiger partial charge in [0.25, 0.3) is 0 Å². The molecule has 152 valence electrons. The molecular weight excluding hydrogens is 384 g/mol. The van der Waals surface area contributed by atoms with Crippen LogP contribution in [0.15, 0.2) is 36.5 Å². The van der Waals surface area contributed by atoms with E-state index in [1.54, 1.807) is 17.4 Å². The van der Waals surface area contributed by atoms with Crippen molar-refractivity contribution in [3.05, 3.63) is 58.4 Å². The van der Waals surface area contributed by atoms with Crippen molar-refractivity contribution in [3.63, 3.8) is 0 Å². The van der Waals surface area contributed by atoms with Crippen molar-refractivity contribution >= 4 is 39.9 Å². The standard InChI is InChI=1S/C22H26N4O2S/c1-5-14(2)21(28)25-18-8-6-7-17(11-18)12-23-20(27)10-9-19-16(4)24-22-26(19)13-15(3)29-22/h6-11,13-14H,5,12H2,1-4H3,(H,23,27)(H,25,28)/b10-9+/t14-/m1/s1. The van der Waals surface area contributed by atoms with E-state index in [9.17, 15) is 9.59 Å². The van der Waals surface area contributed by atoms with Crippen LogP contribution in [0.5, 0.6) is 0 Å². The molecule has 2 heterocycles. The lowest BCUT2D eigenvalue weighted by molar-refractivity contribution is -0.119. The summed E-state index contributed by atoms with van der Waals surface area (Å²) in [5.74, 6) is -0.211. The molecule has 0 aliphatic rings. The van der Waals surface area contributed by atoms with Gasteiger partial charge in [0.1, 0.15) is 0 Å². The summed E-state index contributed by atoms with van der Waals surface area (Å²) in [7, 11) is 0. The van der Waals surface area contributed by atoms with Crippen LogP contribution in [0, 0.1) is 19.8 Å². The fourth-order valence-electron chi connectivity index (χ4n) is 2.89. The molecule has 0 saturated carbocycles. The minimum atomic E-state index is -0.180. The molecule has 0 aliphatic heterocycles. The topological polar surface area (TPSA) is 75.5 Å². The maximum Gasteiger partial charge on any atom is 0.244 e. The fourth-order valence-corrected chi connectivity index (χ4v) is 3.77. The monoisotopic (exact) mass is 410 g/mol. The Morgan fingerprint density at radius 3 is 2.86 bits per heavy atom. The predicted octanol–water partition coefficient (Wildman–Crippen LogP) is 4.33. The molecule has 7 heteroatoms. The number of aryl methyl sites for hydroxylation is 2. The molecule has 3 aromatic rings. The van der Waals surface area contributed by atoms with E-state index in [2.05, 4.69) is 15.6 Å². The summed E-state index contributed by atoms with van der Waals surface area (Å²) in [4.78, 5) is 30.9. The third-order valence-electron chi connectivity index (χ3n) is 4.78. The van der Waals surface area contributed by atoms with Crippen molar-refractivity contribution in [1.29, 1.82) is 0 Å². The molecule has 3 rings (SSSR count). The Morgan fingerprint density at radius 1 is 1.31 bits per heavy atom. The van der Waals surface area contributed by atoms with Crippen LogP contribution >= 0.6 is 11.3 Å². The number of benzene rings is 1. The van der Waals surface area contributed by atoms with Crippen LogP contribution < -0.4 is 10.6 Å². The molecule has 0 unspecified atom stereocenters. The second-order valence-electron chi connectivity index (χ2n) is 7.13. The molecule has 2 N–H and O–H groups in total. The molecule has 0 bridgehead atoms. The normalized spacial score (nSPS) is 12.4. The predicted molar refractivity (Wildman–Crippen MR) is 118 cm³/mol. The van der Waals surface area contributed by atoms with E-state index in [0.29, 0.717) is 6.54 Å². The smallest absolute Gasteiger partial charge is 0.244 e. The Morgan fingerprint density at radius 2 is 2.10 bits per heavy atom. The molecule has 2 aromatic heterocycles. The van der Waals surface area contributed by atoms with Gasteiger partial charge in [0.15, 0.2) is 4.96 Å². The zero-order valence-electron chi connectivity index (χ0n) is 17.2. The van der Waals surface area contributed by atoms with E-state index in [0.717, 1.165) is 34.0 Å². The maximum absolute atomic E-state index is 12.3. The summed E-state index contributed by atoms with van der Waals surface area (Å²) in [6.07, 6.45) is 6.14. The van der Waals surface area contributed by atoms with Crippen molar-refractivity contribution in [1.82, 2.24) is 14.7 Å². The van der Waals surface area contributed by atoms with Gasteiger partial charge in [0.2, 0.25) is 11.8 Å². The Hall–Kier alpha value is -2.93. The molecule has 0 radical (unpaired) electrons. The van der Waals surface area contributed by atoms with Crippen LogP contribution in [0.3, 0.4) is 0 Å². The van der Waals surface area contributed by atoms with E-state index in [4.69, 9.17) is 0 Å². The van der Waals surface area contributed by atoms with Crippen molar-refractivity contribution in [2.24, 2.45) is 5.92 Å². The first-order valence-electron chi connectivity index (χ1n) is 9.68. The summed E-state index contributed by atoms with van der Waals surface area (Å²) in [6.45, 7) is 8.24. The minimum Gasteiger partial charge on any atom is -0.348 e. The summed E-state index contributed by atoms with van der Waals surface area (Å²) in [5, 5.41) is 5.80. The van der Waals surface area contributed by atoms with Gasteiger partial charge in [-0.25, -0.2) is 4.98 Å². The highest BCUT2D eigenvalue weighted by atomic mass is 32.1. The van der Waals surface area contributed by atoms with E-state index in [-0.39, 0.29) is 17.7 Å². The lowest BCUT2D eigenvalue weighted by Crippen LogP contribution is -2.21. The molecule has 0 saturated heterocycles. The molecule has 1 atom stereocenters. The zero-order chi connectivity index (χ0) is 21.0. The van der Waals surface area contributed by atoms with Crippen LogP contribution in [-0.4, -0.2) is 21.2 Å². The number of hydrogen-bond donors (Lipinski definition) is 2. The van der Waals surface area contributed by atoms with Gasteiger partial charge < -0.3 is 10.6 Å². The molecule has 0 fully saturated rings. The van der Waals surface area contributed by atoms with Crippen LogP contribution in [-0.2, 0) is 16.1 Å². The van der Waals surface area contributed by atoms with Gasteiger partial charge in [-0.15, -0.1) is 11.3 Å². The summed E-state index contributed by atoms with van der Waals surface area (Å²) in [5.41, 5.74) is 3.46. The number of anilines is 1. The van der Waals surface area contributed by atoms with Gasteiger partial charge in [0.05, 0.1) is 11.4 Å².